The Morgan fingerprint density at radius 3 is 2.20 bits per heavy atom. The van der Waals surface area contributed by atoms with Gasteiger partial charge in [0.15, 0.2) is 0 Å². The van der Waals surface area contributed by atoms with Gasteiger partial charge in [0.05, 0.1) is 16.6 Å². The number of rotatable bonds is 1. The summed E-state index contributed by atoms with van der Waals surface area (Å²) in [7, 11) is 0. The van der Waals surface area contributed by atoms with Crippen molar-refractivity contribution in [2.24, 2.45) is 0 Å². The van der Waals surface area contributed by atoms with E-state index in [1.165, 1.54) is 16.5 Å². The van der Waals surface area contributed by atoms with Crippen molar-refractivity contribution < 1.29 is 0 Å². The van der Waals surface area contributed by atoms with Crippen molar-refractivity contribution >= 4 is 27.1 Å². The highest BCUT2D eigenvalue weighted by Gasteiger charge is 2.16. The lowest BCUT2D eigenvalue weighted by molar-refractivity contribution is 0.939. The first-order chi connectivity index (χ1) is 12.1. The van der Waals surface area contributed by atoms with Crippen molar-refractivity contribution in [2.75, 3.05) is 0 Å². The zero-order valence-electron chi connectivity index (χ0n) is 14.1. The van der Waals surface area contributed by atoms with E-state index in [0.29, 0.717) is 0 Å². The molecule has 5 aromatic rings. The predicted molar refractivity (Wildman–Crippen MR) is 103 cm³/mol. The summed E-state index contributed by atoms with van der Waals surface area (Å²) in [5, 5.41) is 8.64. The SMILES string of the molecule is Cc1ccc2c(=O)n3nc(-c4ccccc4)cc3c3ccc(C)c1c23. The number of pyridine rings is 1. The number of aryl methyl sites for hydroxylation is 2. The normalized spacial score (nSPS) is 11.8. The number of nitrogens with zero attached hydrogens (tertiary/aromatic N) is 2. The zero-order valence-corrected chi connectivity index (χ0v) is 14.1. The molecule has 120 valence electrons. The minimum absolute atomic E-state index is 0.0553. The highest BCUT2D eigenvalue weighted by atomic mass is 16.1. The standard InChI is InChI=1S/C22H16N2O/c1-13-8-10-16-19-12-18(15-6-4-3-5-7-15)23-24(19)22(25)17-11-9-14(2)20(13)21(16)17/h3-12H,1-2H3. The molecule has 2 aromatic heterocycles. The molecule has 25 heavy (non-hydrogen) atoms. The maximum absolute atomic E-state index is 13.1. The molecule has 0 unspecified atom stereocenters. The molecule has 3 nitrogen and oxygen atoms in total. The monoisotopic (exact) mass is 324 g/mol. The first kappa shape index (κ1) is 14.2. The lowest BCUT2D eigenvalue weighted by Crippen LogP contribution is -2.14. The van der Waals surface area contributed by atoms with Crippen LogP contribution in [0.2, 0.25) is 0 Å². The first-order valence-electron chi connectivity index (χ1n) is 8.38. The van der Waals surface area contributed by atoms with E-state index >= 15 is 0 Å². The summed E-state index contributed by atoms with van der Waals surface area (Å²) in [6, 6.07) is 20.2. The van der Waals surface area contributed by atoms with Gasteiger partial charge in [0.25, 0.3) is 5.56 Å². The van der Waals surface area contributed by atoms with Crippen LogP contribution in [0.1, 0.15) is 11.1 Å². The third-order valence-corrected chi connectivity index (χ3v) is 5.05. The zero-order chi connectivity index (χ0) is 17.1. The Balaban J connectivity index is 2.01. The van der Waals surface area contributed by atoms with Crippen LogP contribution in [0.25, 0.3) is 38.3 Å². The number of hydrogen-bond donors (Lipinski definition) is 0. The Morgan fingerprint density at radius 2 is 1.48 bits per heavy atom. The van der Waals surface area contributed by atoms with E-state index in [1.807, 2.05) is 48.5 Å². The van der Waals surface area contributed by atoms with Crippen molar-refractivity contribution in [2.45, 2.75) is 13.8 Å². The third kappa shape index (κ3) is 1.86. The lowest BCUT2D eigenvalue weighted by Gasteiger charge is -2.11. The number of aromatic nitrogens is 2. The quantitative estimate of drug-likeness (QED) is 0.447. The van der Waals surface area contributed by atoms with E-state index in [9.17, 15) is 4.79 Å². The predicted octanol–water partition coefficient (Wildman–Crippen LogP) is 4.72. The van der Waals surface area contributed by atoms with E-state index in [4.69, 9.17) is 0 Å². The van der Waals surface area contributed by atoms with Gasteiger partial charge >= 0.3 is 0 Å². The van der Waals surface area contributed by atoms with Crippen LogP contribution in [0.5, 0.6) is 0 Å². The molecule has 0 bridgehead atoms. The highest BCUT2D eigenvalue weighted by molar-refractivity contribution is 6.17. The molecule has 3 aromatic carbocycles. The molecule has 0 aliphatic heterocycles. The van der Waals surface area contributed by atoms with Gasteiger partial charge in [0, 0.05) is 16.3 Å². The molecule has 0 amide bonds. The fraction of sp³-hybridized carbons (Fsp3) is 0.0909. The van der Waals surface area contributed by atoms with Crippen LogP contribution < -0.4 is 5.56 Å². The Kier molecular flexibility index (Phi) is 2.78. The van der Waals surface area contributed by atoms with Crippen molar-refractivity contribution in [3.63, 3.8) is 0 Å². The second-order valence-corrected chi connectivity index (χ2v) is 6.61. The maximum atomic E-state index is 13.1. The number of fused-ring (bicyclic) bond motifs is 2. The van der Waals surface area contributed by atoms with Gasteiger partial charge in [-0.05, 0) is 42.5 Å². The molecule has 0 aliphatic carbocycles. The van der Waals surface area contributed by atoms with E-state index in [0.717, 1.165) is 32.9 Å². The van der Waals surface area contributed by atoms with E-state index < -0.39 is 0 Å². The fourth-order valence-electron chi connectivity index (χ4n) is 3.85. The number of benzene rings is 3. The molecule has 3 heteroatoms. The lowest BCUT2D eigenvalue weighted by atomic mass is 9.94. The molecule has 0 radical (unpaired) electrons. The van der Waals surface area contributed by atoms with Crippen molar-refractivity contribution in [3.8, 4) is 11.3 Å². The molecule has 0 saturated carbocycles. The summed E-state index contributed by atoms with van der Waals surface area (Å²) in [6.45, 7) is 4.20. The highest BCUT2D eigenvalue weighted by Crippen LogP contribution is 2.33. The van der Waals surface area contributed by atoms with Crippen LogP contribution in [0, 0.1) is 13.8 Å². The Bertz CT molecular complexity index is 1310. The molecule has 5 rings (SSSR count). The topological polar surface area (TPSA) is 34.4 Å². The van der Waals surface area contributed by atoms with Gasteiger partial charge in [0.2, 0.25) is 0 Å². The minimum atomic E-state index is -0.0553. The van der Waals surface area contributed by atoms with Crippen molar-refractivity contribution in [1.82, 2.24) is 9.61 Å². The van der Waals surface area contributed by atoms with Crippen molar-refractivity contribution in [1.29, 1.82) is 0 Å². The van der Waals surface area contributed by atoms with Gasteiger partial charge in [-0.1, -0.05) is 48.5 Å². The van der Waals surface area contributed by atoms with E-state index in [1.54, 1.807) is 4.52 Å². The largest absolute Gasteiger partial charge is 0.279 e. The van der Waals surface area contributed by atoms with E-state index in [-0.39, 0.29) is 5.56 Å². The molecule has 0 fully saturated rings. The Hall–Kier alpha value is -3.20. The van der Waals surface area contributed by atoms with Gasteiger partial charge in [-0.15, -0.1) is 0 Å². The van der Waals surface area contributed by atoms with E-state index in [2.05, 4.69) is 31.1 Å². The van der Waals surface area contributed by atoms with Crippen LogP contribution in [-0.2, 0) is 0 Å². The molecule has 0 atom stereocenters. The summed E-state index contributed by atoms with van der Waals surface area (Å²) < 4.78 is 1.55. The molecule has 2 heterocycles. The molecule has 0 spiro atoms. The van der Waals surface area contributed by atoms with Crippen LogP contribution >= 0.6 is 0 Å². The Morgan fingerprint density at radius 1 is 0.800 bits per heavy atom. The van der Waals surface area contributed by atoms with Gasteiger partial charge in [0.1, 0.15) is 0 Å². The third-order valence-electron chi connectivity index (χ3n) is 5.05. The molecular formula is C22H16N2O. The van der Waals surface area contributed by atoms with Gasteiger partial charge in [-0.3, -0.25) is 4.79 Å². The second-order valence-electron chi connectivity index (χ2n) is 6.61. The van der Waals surface area contributed by atoms with Gasteiger partial charge in [-0.25, -0.2) is 0 Å². The second kappa shape index (κ2) is 4.90. The average Bonchev–Trinajstić information content (AvgIpc) is 3.08. The smallest absolute Gasteiger partial charge is 0.267 e. The van der Waals surface area contributed by atoms with Crippen molar-refractivity contribution in [3.05, 3.63) is 82.1 Å². The van der Waals surface area contributed by atoms with Gasteiger partial charge in [-0.2, -0.15) is 9.61 Å². The Labute approximate surface area is 144 Å². The summed E-state index contributed by atoms with van der Waals surface area (Å²) in [6.07, 6.45) is 0. The van der Waals surface area contributed by atoms with Crippen LogP contribution in [0.4, 0.5) is 0 Å². The van der Waals surface area contributed by atoms with Crippen LogP contribution in [-0.4, -0.2) is 9.61 Å². The summed E-state index contributed by atoms with van der Waals surface area (Å²) in [5.74, 6) is 0. The molecule has 0 N–H and O–H groups in total. The number of hydrogen-bond acceptors (Lipinski definition) is 2. The summed E-state index contributed by atoms with van der Waals surface area (Å²) >= 11 is 0. The van der Waals surface area contributed by atoms with Crippen LogP contribution in [0.15, 0.2) is 65.5 Å². The van der Waals surface area contributed by atoms with Gasteiger partial charge < -0.3 is 0 Å². The molecule has 0 saturated heterocycles. The maximum Gasteiger partial charge on any atom is 0.279 e. The molecule has 0 aliphatic rings. The summed E-state index contributed by atoms with van der Waals surface area (Å²) in [4.78, 5) is 13.1. The summed E-state index contributed by atoms with van der Waals surface area (Å²) in [5.41, 5.74) is 5.04. The molecular weight excluding hydrogens is 308 g/mol. The minimum Gasteiger partial charge on any atom is -0.267 e. The average molecular weight is 324 g/mol. The fourth-order valence-corrected chi connectivity index (χ4v) is 3.85. The first-order valence-corrected chi connectivity index (χ1v) is 8.38. The van der Waals surface area contributed by atoms with Crippen LogP contribution in [0.3, 0.4) is 0 Å².